The van der Waals surface area contributed by atoms with Gasteiger partial charge in [-0.25, -0.2) is 4.68 Å². The van der Waals surface area contributed by atoms with Crippen molar-refractivity contribution in [2.75, 3.05) is 0 Å². The van der Waals surface area contributed by atoms with Crippen molar-refractivity contribution < 1.29 is 0 Å². The van der Waals surface area contributed by atoms with Crippen LogP contribution in [0.3, 0.4) is 0 Å². The first-order valence-electron chi connectivity index (χ1n) is 4.79. The van der Waals surface area contributed by atoms with E-state index in [-0.39, 0.29) is 0 Å². The van der Waals surface area contributed by atoms with Crippen LogP contribution < -0.4 is 0 Å². The quantitative estimate of drug-likeness (QED) is 0.701. The number of rotatable bonds is 2. The summed E-state index contributed by atoms with van der Waals surface area (Å²) in [5, 5.41) is 8.01. The molecule has 13 heavy (non-hydrogen) atoms. The second-order valence-corrected chi connectivity index (χ2v) is 5.00. The average Bonchev–Trinajstić information content (AvgIpc) is 2.31. The third-order valence-corrected chi connectivity index (χ3v) is 1.85. The van der Waals surface area contributed by atoms with E-state index in [0.717, 1.165) is 6.42 Å². The zero-order valence-corrected chi connectivity index (χ0v) is 9.20. The molecule has 1 aromatic heterocycles. The molecule has 0 aliphatic heterocycles. The van der Waals surface area contributed by atoms with Crippen molar-refractivity contribution in [2.45, 2.75) is 47.1 Å². The first-order valence-corrected chi connectivity index (χ1v) is 4.79. The summed E-state index contributed by atoms with van der Waals surface area (Å²) in [6, 6.07) is 0.403. The van der Waals surface area contributed by atoms with Gasteiger partial charge in [0.25, 0.3) is 0 Å². The van der Waals surface area contributed by atoms with Crippen molar-refractivity contribution in [1.82, 2.24) is 15.0 Å². The molecule has 0 N–H and O–H groups in total. The second kappa shape index (κ2) is 3.48. The Labute approximate surface area is 80.1 Å². The van der Waals surface area contributed by atoms with Gasteiger partial charge in [-0.15, -0.1) is 5.10 Å². The molecule has 0 fully saturated rings. The number of hydrogen-bond donors (Lipinski definition) is 0. The van der Waals surface area contributed by atoms with Gasteiger partial charge in [-0.1, -0.05) is 26.0 Å². The van der Waals surface area contributed by atoms with Gasteiger partial charge in [-0.3, -0.25) is 0 Å². The van der Waals surface area contributed by atoms with Crippen molar-refractivity contribution in [3.63, 3.8) is 0 Å². The summed E-state index contributed by atoms with van der Waals surface area (Å²) in [5.41, 5.74) is 1.52. The molecule has 3 nitrogen and oxygen atoms in total. The van der Waals surface area contributed by atoms with E-state index in [2.05, 4.69) is 44.9 Å². The zero-order valence-electron chi connectivity index (χ0n) is 9.20. The standard InChI is InChI=1S/C10H19N3/c1-8(2)13-9(7-11-12-13)6-10(3,4)5/h7-8H,6H2,1-5H3. The van der Waals surface area contributed by atoms with Crippen molar-refractivity contribution in [1.29, 1.82) is 0 Å². The molecule has 0 atom stereocenters. The van der Waals surface area contributed by atoms with E-state index in [1.807, 2.05) is 10.9 Å². The Morgan fingerprint density at radius 1 is 1.38 bits per heavy atom. The maximum atomic E-state index is 4.07. The molecule has 0 unspecified atom stereocenters. The van der Waals surface area contributed by atoms with Crippen LogP contribution in [-0.4, -0.2) is 15.0 Å². The number of nitrogens with zero attached hydrogens (tertiary/aromatic N) is 3. The Kier molecular flexibility index (Phi) is 2.74. The summed E-state index contributed by atoms with van der Waals surface area (Å²) in [6.45, 7) is 10.9. The Balaban J connectivity index is 2.83. The van der Waals surface area contributed by atoms with Crippen LogP contribution in [0.15, 0.2) is 6.20 Å². The summed E-state index contributed by atoms with van der Waals surface area (Å²) >= 11 is 0. The Morgan fingerprint density at radius 3 is 2.46 bits per heavy atom. The molecule has 0 saturated heterocycles. The van der Waals surface area contributed by atoms with E-state index in [9.17, 15) is 0 Å². The lowest BCUT2D eigenvalue weighted by molar-refractivity contribution is 0.382. The maximum Gasteiger partial charge on any atom is 0.0725 e. The fraction of sp³-hybridized carbons (Fsp3) is 0.800. The van der Waals surface area contributed by atoms with Gasteiger partial charge in [0.2, 0.25) is 0 Å². The molecule has 0 radical (unpaired) electrons. The van der Waals surface area contributed by atoms with Crippen LogP contribution in [0.1, 0.15) is 46.4 Å². The van der Waals surface area contributed by atoms with Gasteiger partial charge in [0.1, 0.15) is 0 Å². The third-order valence-electron chi connectivity index (χ3n) is 1.85. The number of hydrogen-bond acceptors (Lipinski definition) is 2. The molecular formula is C10H19N3. The minimum absolute atomic E-state index is 0.300. The summed E-state index contributed by atoms with van der Waals surface area (Å²) in [6.07, 6.45) is 2.89. The molecule has 0 aliphatic rings. The SMILES string of the molecule is CC(C)n1nncc1CC(C)(C)C. The lowest BCUT2D eigenvalue weighted by atomic mass is 9.91. The second-order valence-electron chi connectivity index (χ2n) is 5.00. The Morgan fingerprint density at radius 2 is 2.00 bits per heavy atom. The maximum absolute atomic E-state index is 4.07. The van der Waals surface area contributed by atoms with Crippen molar-refractivity contribution in [2.24, 2.45) is 5.41 Å². The fourth-order valence-corrected chi connectivity index (χ4v) is 1.37. The summed E-state index contributed by atoms with van der Waals surface area (Å²) in [4.78, 5) is 0. The van der Waals surface area contributed by atoms with Crippen LogP contribution in [0.5, 0.6) is 0 Å². The van der Waals surface area contributed by atoms with Gasteiger partial charge in [-0.2, -0.15) is 0 Å². The molecule has 1 aromatic rings. The molecule has 0 saturated carbocycles. The molecule has 74 valence electrons. The van der Waals surface area contributed by atoms with Crippen LogP contribution in [0.2, 0.25) is 0 Å². The smallest absolute Gasteiger partial charge is 0.0725 e. The molecule has 0 aliphatic carbocycles. The van der Waals surface area contributed by atoms with Gasteiger partial charge in [0.15, 0.2) is 0 Å². The van der Waals surface area contributed by atoms with Crippen LogP contribution in [0.4, 0.5) is 0 Å². The highest BCUT2D eigenvalue weighted by Gasteiger charge is 2.16. The predicted octanol–water partition coefficient (Wildman–Crippen LogP) is 2.45. The molecule has 0 spiro atoms. The van der Waals surface area contributed by atoms with E-state index in [1.54, 1.807) is 0 Å². The highest BCUT2D eigenvalue weighted by molar-refractivity contribution is 4.98. The first-order chi connectivity index (χ1) is 5.90. The molecule has 3 heteroatoms. The molecule has 0 amide bonds. The Hall–Kier alpha value is -0.860. The lowest BCUT2D eigenvalue weighted by Crippen LogP contribution is -2.15. The van der Waals surface area contributed by atoms with Crippen LogP contribution in [-0.2, 0) is 6.42 Å². The molecular weight excluding hydrogens is 162 g/mol. The van der Waals surface area contributed by atoms with Crippen LogP contribution in [0, 0.1) is 5.41 Å². The fourth-order valence-electron chi connectivity index (χ4n) is 1.37. The van der Waals surface area contributed by atoms with Crippen LogP contribution in [0.25, 0.3) is 0 Å². The molecule has 1 heterocycles. The van der Waals surface area contributed by atoms with Gasteiger partial charge in [0.05, 0.1) is 11.9 Å². The van der Waals surface area contributed by atoms with E-state index in [4.69, 9.17) is 0 Å². The minimum Gasteiger partial charge on any atom is -0.247 e. The summed E-state index contributed by atoms with van der Waals surface area (Å²) in [5.74, 6) is 0. The Bertz CT molecular complexity index is 268. The first kappa shape index (κ1) is 10.2. The van der Waals surface area contributed by atoms with E-state index in [1.165, 1.54) is 5.69 Å². The van der Waals surface area contributed by atoms with Crippen LogP contribution >= 0.6 is 0 Å². The van der Waals surface area contributed by atoms with Gasteiger partial charge in [0, 0.05) is 6.04 Å². The van der Waals surface area contributed by atoms with E-state index < -0.39 is 0 Å². The number of aromatic nitrogens is 3. The lowest BCUT2D eigenvalue weighted by Gasteiger charge is -2.19. The highest BCUT2D eigenvalue weighted by atomic mass is 15.4. The van der Waals surface area contributed by atoms with E-state index >= 15 is 0 Å². The minimum atomic E-state index is 0.300. The topological polar surface area (TPSA) is 30.7 Å². The summed E-state index contributed by atoms with van der Waals surface area (Å²) in [7, 11) is 0. The van der Waals surface area contributed by atoms with Crippen molar-refractivity contribution in [3.8, 4) is 0 Å². The molecule has 0 aromatic carbocycles. The molecule has 0 bridgehead atoms. The average molecular weight is 181 g/mol. The van der Waals surface area contributed by atoms with Gasteiger partial charge in [-0.05, 0) is 25.7 Å². The highest BCUT2D eigenvalue weighted by Crippen LogP contribution is 2.21. The monoisotopic (exact) mass is 181 g/mol. The predicted molar refractivity (Wildman–Crippen MR) is 53.6 cm³/mol. The van der Waals surface area contributed by atoms with E-state index in [0.29, 0.717) is 11.5 Å². The third kappa shape index (κ3) is 2.83. The van der Waals surface area contributed by atoms with Gasteiger partial charge >= 0.3 is 0 Å². The molecule has 1 rings (SSSR count). The summed E-state index contributed by atoms with van der Waals surface area (Å²) < 4.78 is 1.99. The van der Waals surface area contributed by atoms with Crippen molar-refractivity contribution >= 4 is 0 Å². The largest absolute Gasteiger partial charge is 0.247 e. The van der Waals surface area contributed by atoms with Gasteiger partial charge < -0.3 is 0 Å². The van der Waals surface area contributed by atoms with Crippen molar-refractivity contribution in [3.05, 3.63) is 11.9 Å². The zero-order chi connectivity index (χ0) is 10.1. The normalized spacial score (nSPS) is 12.5.